The van der Waals surface area contributed by atoms with Crippen LogP contribution in [-0.4, -0.2) is 5.91 Å². The molecule has 1 N–H and O–H groups in total. The minimum atomic E-state index is -5.21. The van der Waals surface area contributed by atoms with Crippen LogP contribution in [0.25, 0.3) is 0 Å². The molecule has 13 heteroatoms. The van der Waals surface area contributed by atoms with Crippen molar-refractivity contribution in [2.24, 2.45) is 0 Å². The molecule has 0 heterocycles. The first-order chi connectivity index (χ1) is 16.0. The number of alkyl halides is 9. The van der Waals surface area contributed by atoms with Crippen molar-refractivity contribution in [2.75, 3.05) is 5.32 Å². The Balaban J connectivity index is 1.95. The summed E-state index contributed by atoms with van der Waals surface area (Å²) in [6.45, 7) is 0. The highest BCUT2D eigenvalue weighted by Crippen LogP contribution is 2.40. The molecule has 3 nitrogen and oxygen atoms in total. The summed E-state index contributed by atoms with van der Waals surface area (Å²) in [7, 11) is 0. The van der Waals surface area contributed by atoms with Crippen LogP contribution in [0.15, 0.2) is 60.7 Å². The number of nitrogens with one attached hydrogen (secondary N) is 1. The monoisotopic (exact) mass is 527 g/mol. The third kappa shape index (κ3) is 6.59. The molecule has 0 fully saturated rings. The molecular formula is C22H11ClF9NO2. The smallest absolute Gasteiger partial charge is 0.420 e. The second-order valence-corrected chi connectivity index (χ2v) is 7.45. The molecule has 0 radical (unpaired) electrons. The number of carbonyl (C=O) groups is 1. The Morgan fingerprint density at radius 2 is 1.26 bits per heavy atom. The third-order valence-corrected chi connectivity index (χ3v) is 4.69. The lowest BCUT2D eigenvalue weighted by molar-refractivity contribution is -0.143. The van der Waals surface area contributed by atoms with Gasteiger partial charge in [0.25, 0.3) is 5.91 Å². The van der Waals surface area contributed by atoms with Gasteiger partial charge in [0.2, 0.25) is 0 Å². The van der Waals surface area contributed by atoms with E-state index in [1.807, 2.05) is 5.32 Å². The molecule has 0 saturated carbocycles. The van der Waals surface area contributed by atoms with Gasteiger partial charge in [-0.2, -0.15) is 39.5 Å². The summed E-state index contributed by atoms with van der Waals surface area (Å²) in [5.41, 5.74) is -6.45. The zero-order valence-electron chi connectivity index (χ0n) is 16.9. The number of rotatable bonds is 4. The zero-order chi connectivity index (χ0) is 26.2. The van der Waals surface area contributed by atoms with E-state index in [1.165, 1.54) is 24.3 Å². The van der Waals surface area contributed by atoms with Crippen LogP contribution in [0.4, 0.5) is 45.2 Å². The van der Waals surface area contributed by atoms with Gasteiger partial charge in [0.05, 0.1) is 11.1 Å². The summed E-state index contributed by atoms with van der Waals surface area (Å²) in [4.78, 5) is 12.4. The van der Waals surface area contributed by atoms with E-state index >= 15 is 0 Å². The zero-order valence-corrected chi connectivity index (χ0v) is 17.6. The molecule has 0 atom stereocenters. The highest BCUT2D eigenvalue weighted by atomic mass is 35.5. The molecule has 0 aliphatic heterocycles. The average molecular weight is 528 g/mol. The first-order valence-corrected chi connectivity index (χ1v) is 9.67. The summed E-state index contributed by atoms with van der Waals surface area (Å²) in [6.07, 6.45) is -15.4. The summed E-state index contributed by atoms with van der Waals surface area (Å²) >= 11 is 5.71. The van der Waals surface area contributed by atoms with Crippen molar-refractivity contribution in [3.63, 3.8) is 0 Å². The lowest BCUT2D eigenvalue weighted by Gasteiger charge is -2.16. The fourth-order valence-electron chi connectivity index (χ4n) is 2.84. The Morgan fingerprint density at radius 3 is 1.74 bits per heavy atom. The fraction of sp³-hybridized carbons (Fsp3) is 0.136. The largest absolute Gasteiger partial charge is 0.457 e. The summed E-state index contributed by atoms with van der Waals surface area (Å²) in [6, 6.07) is 7.67. The lowest BCUT2D eigenvalue weighted by atomic mass is 10.0. The molecule has 0 spiro atoms. The van der Waals surface area contributed by atoms with Gasteiger partial charge in [0, 0.05) is 16.3 Å². The van der Waals surface area contributed by atoms with E-state index in [1.54, 1.807) is 0 Å². The number of hydrogen-bond acceptors (Lipinski definition) is 2. The third-order valence-electron chi connectivity index (χ3n) is 4.43. The molecule has 0 aliphatic rings. The Kier molecular flexibility index (Phi) is 6.98. The van der Waals surface area contributed by atoms with Crippen molar-refractivity contribution < 1.29 is 49.0 Å². The second kappa shape index (κ2) is 9.33. The number of ether oxygens (including phenoxy) is 1. The average Bonchev–Trinajstić information content (AvgIpc) is 2.74. The molecule has 0 saturated heterocycles. The molecule has 3 aromatic rings. The number of anilines is 1. The van der Waals surface area contributed by atoms with Gasteiger partial charge in [-0.1, -0.05) is 11.6 Å². The van der Waals surface area contributed by atoms with Crippen molar-refractivity contribution in [1.82, 2.24) is 0 Å². The van der Waals surface area contributed by atoms with Crippen LogP contribution >= 0.6 is 11.6 Å². The highest BCUT2D eigenvalue weighted by molar-refractivity contribution is 6.30. The molecule has 1 amide bonds. The quantitative estimate of drug-likeness (QED) is 0.346. The normalized spacial score (nSPS) is 12.4. The van der Waals surface area contributed by atoms with E-state index in [-0.39, 0.29) is 23.9 Å². The molecule has 0 unspecified atom stereocenters. The van der Waals surface area contributed by atoms with E-state index < -0.39 is 58.1 Å². The Bertz CT molecular complexity index is 1200. The van der Waals surface area contributed by atoms with E-state index in [9.17, 15) is 44.3 Å². The van der Waals surface area contributed by atoms with Crippen molar-refractivity contribution in [2.45, 2.75) is 18.5 Å². The van der Waals surface area contributed by atoms with Crippen LogP contribution < -0.4 is 10.1 Å². The number of hydrogen-bond donors (Lipinski definition) is 1. The molecule has 0 bridgehead atoms. The molecule has 0 aromatic heterocycles. The van der Waals surface area contributed by atoms with E-state index in [0.717, 1.165) is 12.1 Å². The van der Waals surface area contributed by atoms with E-state index in [4.69, 9.17) is 16.3 Å². The fourth-order valence-corrected chi connectivity index (χ4v) is 2.96. The van der Waals surface area contributed by atoms with Gasteiger partial charge in [-0.25, -0.2) is 0 Å². The predicted molar refractivity (Wildman–Crippen MR) is 107 cm³/mol. The van der Waals surface area contributed by atoms with Crippen LogP contribution in [0.3, 0.4) is 0 Å². The maximum Gasteiger partial charge on any atom is 0.420 e. The van der Waals surface area contributed by atoms with E-state index in [2.05, 4.69) is 0 Å². The maximum absolute atomic E-state index is 13.6. The summed E-state index contributed by atoms with van der Waals surface area (Å²) in [5, 5.41) is 2.18. The first-order valence-electron chi connectivity index (χ1n) is 9.29. The number of amides is 1. The Labute approximate surface area is 196 Å². The Morgan fingerprint density at radius 1 is 0.714 bits per heavy atom. The summed E-state index contributed by atoms with van der Waals surface area (Å²) < 4.78 is 124. The number of benzene rings is 3. The van der Waals surface area contributed by atoms with Gasteiger partial charge in [0.15, 0.2) is 0 Å². The van der Waals surface area contributed by atoms with Crippen molar-refractivity contribution in [3.8, 4) is 11.5 Å². The van der Waals surface area contributed by atoms with Gasteiger partial charge in [0.1, 0.15) is 17.1 Å². The van der Waals surface area contributed by atoms with Crippen LogP contribution in [0, 0.1) is 0 Å². The topological polar surface area (TPSA) is 38.3 Å². The minimum absolute atomic E-state index is 0.000307. The first kappa shape index (κ1) is 26.2. The maximum atomic E-state index is 13.6. The SMILES string of the molecule is O=C(Nc1ccc(Oc2ccc(Cl)cc2)c(C(F)(F)F)c1)c1cc(C(F)(F)F)cc(C(F)(F)F)c1. The molecule has 35 heavy (non-hydrogen) atoms. The molecule has 0 aliphatic carbocycles. The summed E-state index contributed by atoms with van der Waals surface area (Å²) in [5.74, 6) is -2.15. The molecule has 186 valence electrons. The number of halogens is 10. The van der Waals surface area contributed by atoms with Crippen LogP contribution in [-0.2, 0) is 18.5 Å². The van der Waals surface area contributed by atoms with Crippen LogP contribution in [0.1, 0.15) is 27.0 Å². The predicted octanol–water partition coefficient (Wildman–Crippen LogP) is 8.44. The molecule has 3 aromatic carbocycles. The van der Waals surface area contributed by atoms with Gasteiger partial charge >= 0.3 is 18.5 Å². The molecular weight excluding hydrogens is 517 g/mol. The standard InChI is InChI=1S/C22H11ClF9NO2/c23-14-1-4-16(5-2-14)35-18-6-3-15(10-17(18)22(30,31)32)33-19(34)11-7-12(20(24,25)26)9-13(8-11)21(27,28)29/h1-10H,(H,33,34). The van der Waals surface area contributed by atoms with Gasteiger partial charge in [-0.15, -0.1) is 0 Å². The van der Waals surface area contributed by atoms with Gasteiger partial charge in [-0.05, 0) is 60.7 Å². The highest BCUT2D eigenvalue weighted by Gasteiger charge is 2.38. The molecule has 3 rings (SSSR count). The van der Waals surface area contributed by atoms with Crippen molar-refractivity contribution >= 4 is 23.2 Å². The van der Waals surface area contributed by atoms with E-state index in [0.29, 0.717) is 11.1 Å². The lowest BCUT2D eigenvalue weighted by Crippen LogP contribution is -2.17. The minimum Gasteiger partial charge on any atom is -0.457 e. The Hall–Kier alpha value is -3.41. The number of carbonyl (C=O) groups excluding carboxylic acids is 1. The van der Waals surface area contributed by atoms with Crippen LogP contribution in [0.5, 0.6) is 11.5 Å². The van der Waals surface area contributed by atoms with Crippen molar-refractivity contribution in [3.05, 3.63) is 87.9 Å². The van der Waals surface area contributed by atoms with Crippen molar-refractivity contribution in [1.29, 1.82) is 0 Å². The van der Waals surface area contributed by atoms with Crippen LogP contribution in [0.2, 0.25) is 5.02 Å². The van der Waals surface area contributed by atoms with Gasteiger partial charge < -0.3 is 10.1 Å². The van der Waals surface area contributed by atoms with Gasteiger partial charge in [-0.3, -0.25) is 4.79 Å². The second-order valence-electron chi connectivity index (χ2n) is 7.01.